The summed E-state index contributed by atoms with van der Waals surface area (Å²) in [5.74, 6) is 0.459. The van der Waals surface area contributed by atoms with Gasteiger partial charge in [0.15, 0.2) is 16.3 Å². The number of hydrogen-bond donors (Lipinski definition) is 0. The number of benzene rings is 3. The van der Waals surface area contributed by atoms with Gasteiger partial charge in [0.25, 0.3) is 5.56 Å². The number of esters is 1. The molecule has 1 aliphatic heterocycles. The van der Waals surface area contributed by atoms with Crippen LogP contribution in [0.25, 0.3) is 6.08 Å². The van der Waals surface area contributed by atoms with Crippen LogP contribution in [0.4, 0.5) is 0 Å². The fourth-order valence-electron chi connectivity index (χ4n) is 4.57. The van der Waals surface area contributed by atoms with E-state index in [1.54, 1.807) is 57.4 Å². The molecule has 0 fully saturated rings. The molecule has 0 saturated heterocycles. The molecule has 1 aliphatic rings. The largest absolute Gasteiger partial charge is 0.493 e. The Kier molecular flexibility index (Phi) is 8.63. The Hall–Kier alpha value is -3.85. The Balaban J connectivity index is 1.62. The van der Waals surface area contributed by atoms with Crippen LogP contribution >= 0.6 is 34.5 Å². The zero-order valence-corrected chi connectivity index (χ0v) is 24.8. The normalized spacial score (nSPS) is 14.9. The van der Waals surface area contributed by atoms with Crippen LogP contribution in [0.15, 0.2) is 87.8 Å². The summed E-state index contributed by atoms with van der Waals surface area (Å²) in [4.78, 5) is 32.2. The monoisotopic (exact) mass is 608 g/mol. The number of hydrogen-bond acceptors (Lipinski definition) is 7. The lowest BCUT2D eigenvalue weighted by atomic mass is 9.95. The molecule has 0 aliphatic carbocycles. The second-order valence-corrected chi connectivity index (χ2v) is 11.0. The van der Waals surface area contributed by atoms with Gasteiger partial charge in [0.05, 0.1) is 45.6 Å². The third-order valence-corrected chi connectivity index (χ3v) is 8.22. The number of allylic oxidation sites excluding steroid dienone is 1. The van der Waals surface area contributed by atoms with Gasteiger partial charge in [-0.25, -0.2) is 9.79 Å². The van der Waals surface area contributed by atoms with E-state index in [0.29, 0.717) is 54.3 Å². The molecule has 7 nitrogen and oxygen atoms in total. The number of halogens is 2. The molecule has 2 heterocycles. The first kappa shape index (κ1) is 28.7. The standard InChI is InChI=1S/C31H26Cl2N2O5S/c1-4-39-30(37)27-18(2)34-31-35(29(36)26(41-31)15-20-10-12-22(32)23(33)14-20)28(27)21-11-13-24(25(16-21)38-3)40-17-19-8-6-5-7-9-19/h5-16,28H,4,17H2,1-3H3/b26-15-. The van der Waals surface area contributed by atoms with Crippen LogP contribution in [0.5, 0.6) is 11.5 Å². The van der Waals surface area contributed by atoms with Crippen molar-refractivity contribution in [2.24, 2.45) is 4.99 Å². The molecule has 210 valence electrons. The van der Waals surface area contributed by atoms with Crippen molar-refractivity contribution in [3.63, 3.8) is 0 Å². The molecule has 0 N–H and O–H groups in total. The summed E-state index contributed by atoms with van der Waals surface area (Å²) in [6.45, 7) is 4.01. The molecule has 5 rings (SSSR count). The number of ether oxygens (including phenoxy) is 3. The maximum atomic E-state index is 13.9. The van der Waals surface area contributed by atoms with Crippen LogP contribution in [-0.2, 0) is 16.1 Å². The molecule has 0 amide bonds. The molecule has 0 bridgehead atoms. The van der Waals surface area contributed by atoms with Crippen LogP contribution in [0.3, 0.4) is 0 Å². The Morgan fingerprint density at radius 2 is 1.83 bits per heavy atom. The van der Waals surface area contributed by atoms with Gasteiger partial charge in [-0.05, 0) is 60.9 Å². The second-order valence-electron chi connectivity index (χ2n) is 9.16. The minimum Gasteiger partial charge on any atom is -0.493 e. The fraction of sp³-hybridized carbons (Fsp3) is 0.194. The van der Waals surface area contributed by atoms with Crippen LogP contribution < -0.4 is 24.4 Å². The van der Waals surface area contributed by atoms with E-state index < -0.39 is 12.0 Å². The molecule has 1 atom stereocenters. The molecule has 1 aromatic heterocycles. The van der Waals surface area contributed by atoms with E-state index in [1.807, 2.05) is 36.4 Å². The molecular weight excluding hydrogens is 583 g/mol. The average molecular weight is 610 g/mol. The highest BCUT2D eigenvalue weighted by atomic mass is 35.5. The van der Waals surface area contributed by atoms with Gasteiger partial charge in [-0.1, -0.05) is 77.0 Å². The van der Waals surface area contributed by atoms with Crippen LogP contribution in [-0.4, -0.2) is 24.3 Å². The van der Waals surface area contributed by atoms with Gasteiger partial charge >= 0.3 is 5.97 Å². The van der Waals surface area contributed by atoms with E-state index >= 15 is 0 Å². The van der Waals surface area contributed by atoms with E-state index in [2.05, 4.69) is 4.99 Å². The zero-order valence-electron chi connectivity index (χ0n) is 22.5. The van der Waals surface area contributed by atoms with Gasteiger partial charge in [0, 0.05) is 0 Å². The summed E-state index contributed by atoms with van der Waals surface area (Å²) in [6, 6.07) is 19.5. The van der Waals surface area contributed by atoms with E-state index in [9.17, 15) is 9.59 Å². The molecule has 3 aromatic carbocycles. The summed E-state index contributed by atoms with van der Waals surface area (Å²) >= 11 is 13.5. The molecule has 10 heteroatoms. The Bertz CT molecular complexity index is 1830. The highest BCUT2D eigenvalue weighted by molar-refractivity contribution is 7.07. The lowest BCUT2D eigenvalue weighted by Gasteiger charge is -2.25. The molecule has 4 aromatic rings. The number of nitrogens with zero attached hydrogens (tertiary/aromatic N) is 2. The van der Waals surface area contributed by atoms with Crippen molar-refractivity contribution < 1.29 is 19.0 Å². The first-order valence-electron chi connectivity index (χ1n) is 12.8. The predicted octanol–water partition coefficient (Wildman–Crippen LogP) is 5.69. The summed E-state index contributed by atoms with van der Waals surface area (Å²) in [5.41, 5.74) is 2.82. The summed E-state index contributed by atoms with van der Waals surface area (Å²) < 4.78 is 19.0. The van der Waals surface area contributed by atoms with Crippen LogP contribution in [0, 0.1) is 0 Å². The lowest BCUT2D eigenvalue weighted by molar-refractivity contribution is -0.139. The van der Waals surface area contributed by atoms with Gasteiger partial charge in [0.2, 0.25) is 0 Å². The molecular formula is C31H26Cl2N2O5S. The first-order valence-corrected chi connectivity index (χ1v) is 14.4. The number of fused-ring (bicyclic) bond motifs is 1. The van der Waals surface area contributed by atoms with Gasteiger partial charge in [0.1, 0.15) is 6.61 Å². The highest BCUT2D eigenvalue weighted by Crippen LogP contribution is 2.36. The van der Waals surface area contributed by atoms with Crippen molar-refractivity contribution in [3.05, 3.63) is 124 Å². The van der Waals surface area contributed by atoms with Gasteiger partial charge in [-0.15, -0.1) is 0 Å². The molecule has 41 heavy (non-hydrogen) atoms. The maximum absolute atomic E-state index is 13.9. The van der Waals surface area contributed by atoms with E-state index in [-0.39, 0.29) is 17.7 Å². The lowest BCUT2D eigenvalue weighted by Crippen LogP contribution is -2.40. The van der Waals surface area contributed by atoms with E-state index in [1.165, 1.54) is 15.9 Å². The Morgan fingerprint density at radius 1 is 1.05 bits per heavy atom. The molecule has 1 unspecified atom stereocenters. The van der Waals surface area contributed by atoms with Gasteiger partial charge < -0.3 is 14.2 Å². The number of aromatic nitrogens is 1. The van der Waals surface area contributed by atoms with Crippen LogP contribution in [0.2, 0.25) is 10.0 Å². The van der Waals surface area contributed by atoms with Gasteiger partial charge in [-0.2, -0.15) is 0 Å². The Morgan fingerprint density at radius 3 is 2.54 bits per heavy atom. The fourth-order valence-corrected chi connectivity index (χ4v) is 5.92. The van der Waals surface area contributed by atoms with Crippen LogP contribution in [0.1, 0.15) is 36.6 Å². The number of rotatable bonds is 8. The summed E-state index contributed by atoms with van der Waals surface area (Å²) in [6.07, 6.45) is 1.73. The first-order chi connectivity index (χ1) is 19.8. The zero-order chi connectivity index (χ0) is 29.1. The van der Waals surface area contributed by atoms with Crippen molar-refractivity contribution in [1.82, 2.24) is 4.57 Å². The number of thiazole rings is 1. The smallest absolute Gasteiger partial charge is 0.338 e. The van der Waals surface area contributed by atoms with Gasteiger partial charge in [-0.3, -0.25) is 9.36 Å². The minimum absolute atomic E-state index is 0.180. The number of methoxy groups -OCH3 is 1. The summed E-state index contributed by atoms with van der Waals surface area (Å²) in [7, 11) is 1.55. The van der Waals surface area contributed by atoms with Crippen molar-refractivity contribution in [3.8, 4) is 11.5 Å². The van der Waals surface area contributed by atoms with E-state index in [4.69, 9.17) is 37.4 Å². The maximum Gasteiger partial charge on any atom is 0.338 e. The molecule has 0 saturated carbocycles. The third-order valence-electron chi connectivity index (χ3n) is 6.50. The highest BCUT2D eigenvalue weighted by Gasteiger charge is 2.34. The summed E-state index contributed by atoms with van der Waals surface area (Å²) in [5, 5.41) is 0.804. The van der Waals surface area contributed by atoms with Crippen molar-refractivity contribution in [2.75, 3.05) is 13.7 Å². The molecule has 0 spiro atoms. The van der Waals surface area contributed by atoms with Crippen molar-refractivity contribution in [1.29, 1.82) is 0 Å². The van der Waals surface area contributed by atoms with Crippen molar-refractivity contribution in [2.45, 2.75) is 26.5 Å². The minimum atomic E-state index is -0.793. The Labute approximate surface area is 250 Å². The topological polar surface area (TPSA) is 79.1 Å². The second kappa shape index (κ2) is 12.3. The molecule has 0 radical (unpaired) electrons. The third kappa shape index (κ3) is 5.95. The van der Waals surface area contributed by atoms with E-state index in [0.717, 1.165) is 5.56 Å². The van der Waals surface area contributed by atoms with Crippen molar-refractivity contribution >= 4 is 46.6 Å². The predicted molar refractivity (Wildman–Crippen MR) is 161 cm³/mol. The average Bonchev–Trinajstić information content (AvgIpc) is 3.27. The number of carbonyl (C=O) groups is 1. The SMILES string of the molecule is CCOC(=O)C1=C(C)N=c2s/c(=C\c3ccc(Cl)c(Cl)c3)c(=O)n2C1c1ccc(OCc2ccccc2)c(OC)c1. The quantitative estimate of drug-likeness (QED) is 0.240. The number of carbonyl (C=O) groups excluding carboxylic acids is 1.